The zero-order valence-corrected chi connectivity index (χ0v) is 15.2. The fraction of sp³-hybridized carbons (Fsp3) is 0.286. The smallest absolute Gasteiger partial charge is 0.255 e. The molecule has 6 heteroatoms. The van der Waals surface area contributed by atoms with Gasteiger partial charge in [-0.15, -0.1) is 0 Å². The van der Waals surface area contributed by atoms with Gasteiger partial charge in [0.2, 0.25) is 0 Å². The maximum absolute atomic E-state index is 12.7. The van der Waals surface area contributed by atoms with Crippen molar-refractivity contribution >= 4 is 5.91 Å². The Bertz CT molecular complexity index is 853. The van der Waals surface area contributed by atoms with E-state index in [-0.39, 0.29) is 5.91 Å². The number of hydrogen-bond acceptors (Lipinski definition) is 4. The van der Waals surface area contributed by atoms with Gasteiger partial charge in [-0.3, -0.25) is 14.3 Å². The minimum absolute atomic E-state index is 0.0578. The fourth-order valence-corrected chi connectivity index (χ4v) is 3.35. The summed E-state index contributed by atoms with van der Waals surface area (Å²) >= 11 is 0. The van der Waals surface area contributed by atoms with Crippen molar-refractivity contribution in [2.75, 3.05) is 32.7 Å². The maximum atomic E-state index is 12.7. The Morgan fingerprint density at radius 3 is 2.48 bits per heavy atom. The summed E-state index contributed by atoms with van der Waals surface area (Å²) < 4.78 is 1.82. The van der Waals surface area contributed by atoms with E-state index < -0.39 is 0 Å². The summed E-state index contributed by atoms with van der Waals surface area (Å²) in [5, 5.41) is 0. The molecule has 1 fully saturated rings. The molecule has 0 radical (unpaired) electrons. The zero-order chi connectivity index (χ0) is 18.5. The molecule has 0 aliphatic carbocycles. The minimum atomic E-state index is 0.0578. The number of imidazole rings is 1. The highest BCUT2D eigenvalue weighted by molar-refractivity contribution is 5.94. The van der Waals surface area contributed by atoms with Crippen LogP contribution in [0.4, 0.5) is 0 Å². The lowest BCUT2D eigenvalue weighted by Gasteiger charge is -2.34. The average Bonchev–Trinajstić information content (AvgIpc) is 3.28. The van der Waals surface area contributed by atoms with E-state index in [0.29, 0.717) is 5.56 Å². The molecule has 1 aromatic carbocycles. The number of hydrogen-bond donors (Lipinski definition) is 0. The predicted octanol–water partition coefficient (Wildman–Crippen LogP) is 2.27. The van der Waals surface area contributed by atoms with Crippen molar-refractivity contribution in [1.29, 1.82) is 0 Å². The number of pyridine rings is 1. The van der Waals surface area contributed by atoms with Crippen LogP contribution in [0.3, 0.4) is 0 Å². The Morgan fingerprint density at radius 1 is 1.00 bits per heavy atom. The number of amides is 1. The fourth-order valence-electron chi connectivity index (χ4n) is 3.35. The molecule has 1 aliphatic heterocycles. The summed E-state index contributed by atoms with van der Waals surface area (Å²) in [6, 6.07) is 14.2. The van der Waals surface area contributed by atoms with Gasteiger partial charge in [-0.25, -0.2) is 9.97 Å². The van der Waals surface area contributed by atoms with Crippen LogP contribution in [-0.4, -0.2) is 63.0 Å². The van der Waals surface area contributed by atoms with Gasteiger partial charge in [0.1, 0.15) is 12.1 Å². The standard InChI is InChI=1S/C21H23N5O/c27-21(19-6-7-20(23-16-19)26-11-9-22-17-26)25-14-12-24(13-15-25)10-8-18-4-2-1-3-5-18/h1-7,9,11,16-17H,8,10,12-15H2. The molecule has 0 spiro atoms. The second-order valence-corrected chi connectivity index (χ2v) is 6.74. The molecule has 1 aliphatic rings. The zero-order valence-electron chi connectivity index (χ0n) is 15.2. The highest BCUT2D eigenvalue weighted by Gasteiger charge is 2.22. The third-order valence-electron chi connectivity index (χ3n) is 4.98. The van der Waals surface area contributed by atoms with Gasteiger partial charge in [0, 0.05) is 51.3 Å². The molecule has 0 atom stereocenters. The molecule has 3 heterocycles. The molecule has 0 unspecified atom stereocenters. The van der Waals surface area contributed by atoms with Crippen LogP contribution in [0.25, 0.3) is 5.82 Å². The number of nitrogens with zero attached hydrogens (tertiary/aromatic N) is 5. The van der Waals surface area contributed by atoms with Crippen LogP contribution in [0.5, 0.6) is 0 Å². The van der Waals surface area contributed by atoms with Gasteiger partial charge in [0.15, 0.2) is 0 Å². The third-order valence-corrected chi connectivity index (χ3v) is 4.98. The van der Waals surface area contributed by atoms with Crippen LogP contribution < -0.4 is 0 Å². The second kappa shape index (κ2) is 8.14. The van der Waals surface area contributed by atoms with E-state index in [2.05, 4.69) is 39.1 Å². The first-order valence-electron chi connectivity index (χ1n) is 9.29. The lowest BCUT2D eigenvalue weighted by molar-refractivity contribution is 0.0638. The topological polar surface area (TPSA) is 54.3 Å². The molecular formula is C21H23N5O. The Morgan fingerprint density at radius 2 is 1.81 bits per heavy atom. The van der Waals surface area contributed by atoms with Crippen LogP contribution in [0.1, 0.15) is 15.9 Å². The molecule has 3 aromatic rings. The number of benzene rings is 1. The summed E-state index contributed by atoms with van der Waals surface area (Å²) in [4.78, 5) is 25.5. The van der Waals surface area contributed by atoms with E-state index in [4.69, 9.17) is 0 Å². The molecule has 4 rings (SSSR count). The van der Waals surface area contributed by atoms with Crippen LogP contribution in [0.15, 0.2) is 67.4 Å². The number of rotatable bonds is 5. The van der Waals surface area contributed by atoms with E-state index in [1.807, 2.05) is 33.9 Å². The van der Waals surface area contributed by atoms with Crippen LogP contribution in [0.2, 0.25) is 0 Å². The molecule has 0 bridgehead atoms. The van der Waals surface area contributed by atoms with Gasteiger partial charge in [0.25, 0.3) is 5.91 Å². The van der Waals surface area contributed by atoms with Crippen molar-refractivity contribution in [3.63, 3.8) is 0 Å². The summed E-state index contributed by atoms with van der Waals surface area (Å²) in [6.07, 6.45) is 7.93. The first-order chi connectivity index (χ1) is 13.3. The molecule has 1 amide bonds. The van der Waals surface area contributed by atoms with Crippen LogP contribution in [0, 0.1) is 0 Å². The third kappa shape index (κ3) is 4.23. The molecule has 2 aromatic heterocycles. The number of carbonyl (C=O) groups is 1. The quantitative estimate of drug-likeness (QED) is 0.700. The van der Waals surface area contributed by atoms with Crippen molar-refractivity contribution in [2.45, 2.75) is 6.42 Å². The number of piperazine rings is 1. The summed E-state index contributed by atoms with van der Waals surface area (Å²) in [7, 11) is 0. The van der Waals surface area contributed by atoms with Crippen molar-refractivity contribution in [1.82, 2.24) is 24.3 Å². The normalized spacial score (nSPS) is 15.0. The second-order valence-electron chi connectivity index (χ2n) is 6.74. The average molecular weight is 361 g/mol. The first kappa shape index (κ1) is 17.4. The first-order valence-corrected chi connectivity index (χ1v) is 9.29. The van der Waals surface area contributed by atoms with Crippen molar-refractivity contribution in [3.8, 4) is 5.82 Å². The molecule has 6 nitrogen and oxygen atoms in total. The van der Waals surface area contributed by atoms with Gasteiger partial charge >= 0.3 is 0 Å². The Labute approximate surface area is 159 Å². The lowest BCUT2D eigenvalue weighted by Crippen LogP contribution is -2.49. The summed E-state index contributed by atoms with van der Waals surface area (Å²) in [5.74, 6) is 0.817. The Balaban J connectivity index is 1.29. The molecule has 1 saturated heterocycles. The summed E-state index contributed by atoms with van der Waals surface area (Å²) in [6.45, 7) is 4.39. The SMILES string of the molecule is O=C(c1ccc(-n2ccnc2)nc1)N1CCN(CCc2ccccc2)CC1. The highest BCUT2D eigenvalue weighted by Crippen LogP contribution is 2.11. The van der Waals surface area contributed by atoms with Crippen LogP contribution >= 0.6 is 0 Å². The van der Waals surface area contributed by atoms with Crippen LogP contribution in [-0.2, 0) is 6.42 Å². The summed E-state index contributed by atoms with van der Waals surface area (Å²) in [5.41, 5.74) is 2.00. The van der Waals surface area contributed by atoms with Gasteiger partial charge in [-0.1, -0.05) is 30.3 Å². The number of aromatic nitrogens is 3. The molecule has 138 valence electrons. The number of carbonyl (C=O) groups excluding carboxylic acids is 1. The largest absolute Gasteiger partial charge is 0.336 e. The molecule has 27 heavy (non-hydrogen) atoms. The predicted molar refractivity (Wildman–Crippen MR) is 104 cm³/mol. The van der Waals surface area contributed by atoms with Crippen molar-refractivity contribution in [3.05, 3.63) is 78.5 Å². The van der Waals surface area contributed by atoms with E-state index >= 15 is 0 Å². The highest BCUT2D eigenvalue weighted by atomic mass is 16.2. The van der Waals surface area contributed by atoms with E-state index in [1.54, 1.807) is 18.7 Å². The van der Waals surface area contributed by atoms with Crippen molar-refractivity contribution < 1.29 is 4.79 Å². The Kier molecular flexibility index (Phi) is 5.25. The monoisotopic (exact) mass is 361 g/mol. The molecule has 0 saturated carbocycles. The lowest BCUT2D eigenvalue weighted by atomic mass is 10.1. The molecule has 0 N–H and O–H groups in total. The molecular weight excluding hydrogens is 338 g/mol. The van der Waals surface area contributed by atoms with Crippen molar-refractivity contribution in [2.24, 2.45) is 0 Å². The van der Waals surface area contributed by atoms with Gasteiger partial charge < -0.3 is 4.90 Å². The van der Waals surface area contributed by atoms with E-state index in [0.717, 1.165) is 45.0 Å². The van der Waals surface area contributed by atoms with E-state index in [9.17, 15) is 4.79 Å². The van der Waals surface area contributed by atoms with Gasteiger partial charge in [-0.05, 0) is 24.1 Å². The van der Waals surface area contributed by atoms with Gasteiger partial charge in [-0.2, -0.15) is 0 Å². The van der Waals surface area contributed by atoms with E-state index in [1.165, 1.54) is 5.56 Å². The van der Waals surface area contributed by atoms with Gasteiger partial charge in [0.05, 0.1) is 5.56 Å². The Hall–Kier alpha value is -2.99. The minimum Gasteiger partial charge on any atom is -0.336 e. The maximum Gasteiger partial charge on any atom is 0.255 e.